The number of ketones is 2. The van der Waals surface area contributed by atoms with Crippen molar-refractivity contribution in [2.45, 2.75) is 65.2 Å². The molecular weight excluding hydrogens is 260 g/mol. The zero-order chi connectivity index (χ0) is 15.7. The third kappa shape index (κ3) is 1.71. The number of hydrogen-bond donors (Lipinski definition) is 0. The second-order valence-corrected chi connectivity index (χ2v) is 8.22. The summed E-state index contributed by atoms with van der Waals surface area (Å²) in [6.07, 6.45) is 7.83. The molecule has 2 heteroatoms. The second kappa shape index (κ2) is 4.30. The molecule has 0 aromatic heterocycles. The van der Waals surface area contributed by atoms with Gasteiger partial charge in [-0.25, -0.2) is 0 Å². The quantitative estimate of drug-likeness (QED) is 0.672. The highest BCUT2D eigenvalue weighted by atomic mass is 16.1. The Morgan fingerprint density at radius 2 is 1.81 bits per heavy atom. The normalized spacial score (nSPS) is 53.4. The number of Topliss-reactive ketones (excluding diaryl/α,β-unsaturated/α-hetero) is 1. The fourth-order valence-corrected chi connectivity index (χ4v) is 6.07. The van der Waals surface area contributed by atoms with E-state index in [1.54, 1.807) is 6.08 Å². The third-order valence-electron chi connectivity index (χ3n) is 7.44. The Balaban J connectivity index is 1.74. The van der Waals surface area contributed by atoms with E-state index in [1.165, 1.54) is 0 Å². The summed E-state index contributed by atoms with van der Waals surface area (Å²) in [4.78, 5) is 24.2. The van der Waals surface area contributed by atoms with E-state index in [4.69, 9.17) is 1.37 Å². The third-order valence-corrected chi connectivity index (χ3v) is 7.44. The van der Waals surface area contributed by atoms with Crippen molar-refractivity contribution in [3.05, 3.63) is 11.6 Å². The zero-order valence-corrected chi connectivity index (χ0v) is 13.2. The van der Waals surface area contributed by atoms with Crippen molar-refractivity contribution < 1.29 is 11.0 Å². The molecule has 0 aromatic rings. The standard InChI is InChI=1S/C19H26O2/c1-18-9-7-13(20)11-12(18)3-4-14-15-5-6-17(21)19(15,2)10-8-16(14)18/h11,14-16H,3-10H2,1-2H3/i3D/t3-,14?,15?,16?,18?,19?/m1/s1. The van der Waals surface area contributed by atoms with Crippen molar-refractivity contribution in [3.63, 3.8) is 0 Å². The highest BCUT2D eigenvalue weighted by Crippen LogP contribution is 2.64. The van der Waals surface area contributed by atoms with Gasteiger partial charge < -0.3 is 0 Å². The van der Waals surface area contributed by atoms with Crippen LogP contribution in [0.1, 0.15) is 66.6 Å². The van der Waals surface area contributed by atoms with Gasteiger partial charge in [0.2, 0.25) is 0 Å². The molecule has 114 valence electrons. The van der Waals surface area contributed by atoms with Gasteiger partial charge in [-0.3, -0.25) is 9.59 Å². The lowest BCUT2D eigenvalue weighted by molar-refractivity contribution is -0.132. The lowest BCUT2D eigenvalue weighted by Gasteiger charge is -2.56. The van der Waals surface area contributed by atoms with Crippen LogP contribution in [0, 0.1) is 28.6 Å². The van der Waals surface area contributed by atoms with E-state index in [1.807, 2.05) is 0 Å². The summed E-state index contributed by atoms with van der Waals surface area (Å²) in [5.41, 5.74) is 0.997. The summed E-state index contributed by atoms with van der Waals surface area (Å²) in [6, 6.07) is 0. The van der Waals surface area contributed by atoms with Gasteiger partial charge in [0.05, 0.1) is 0 Å². The lowest BCUT2D eigenvalue weighted by Crippen LogP contribution is -2.50. The highest BCUT2D eigenvalue weighted by molar-refractivity contribution is 5.91. The van der Waals surface area contributed by atoms with Crippen LogP contribution in [0.3, 0.4) is 0 Å². The average molecular weight is 287 g/mol. The maximum Gasteiger partial charge on any atom is 0.155 e. The van der Waals surface area contributed by atoms with Crippen LogP contribution >= 0.6 is 0 Å². The molecule has 0 spiro atoms. The van der Waals surface area contributed by atoms with Gasteiger partial charge in [0.15, 0.2) is 5.78 Å². The average Bonchev–Trinajstić information content (AvgIpc) is 2.77. The molecule has 5 unspecified atom stereocenters. The minimum Gasteiger partial charge on any atom is -0.299 e. The molecule has 2 nitrogen and oxygen atoms in total. The van der Waals surface area contributed by atoms with E-state index in [0.29, 0.717) is 30.0 Å². The number of hydrogen-bond acceptors (Lipinski definition) is 2. The Labute approximate surface area is 128 Å². The molecule has 4 aliphatic rings. The maximum absolute atomic E-state index is 12.4. The monoisotopic (exact) mass is 287 g/mol. The van der Waals surface area contributed by atoms with Gasteiger partial charge in [-0.2, -0.15) is 0 Å². The van der Waals surface area contributed by atoms with Crippen LogP contribution in [-0.4, -0.2) is 11.6 Å². The van der Waals surface area contributed by atoms with Gasteiger partial charge in [0.1, 0.15) is 5.78 Å². The van der Waals surface area contributed by atoms with E-state index in [2.05, 4.69) is 13.8 Å². The molecule has 0 amide bonds. The summed E-state index contributed by atoms with van der Waals surface area (Å²) in [5.74, 6) is 2.21. The summed E-state index contributed by atoms with van der Waals surface area (Å²) >= 11 is 0. The summed E-state index contributed by atoms with van der Waals surface area (Å²) in [5, 5.41) is 0. The molecule has 0 bridgehead atoms. The van der Waals surface area contributed by atoms with E-state index in [9.17, 15) is 9.59 Å². The van der Waals surface area contributed by atoms with Crippen LogP contribution < -0.4 is 0 Å². The van der Waals surface area contributed by atoms with Gasteiger partial charge in [-0.15, -0.1) is 0 Å². The Kier molecular flexibility index (Phi) is 2.58. The topological polar surface area (TPSA) is 34.1 Å². The number of allylic oxidation sites excluding steroid dienone is 1. The molecule has 0 heterocycles. The molecule has 0 saturated heterocycles. The van der Waals surface area contributed by atoms with E-state index in [0.717, 1.165) is 44.1 Å². The van der Waals surface area contributed by atoms with E-state index >= 15 is 0 Å². The van der Waals surface area contributed by atoms with Crippen molar-refractivity contribution in [3.8, 4) is 0 Å². The van der Waals surface area contributed by atoms with Crippen molar-refractivity contribution in [1.29, 1.82) is 0 Å². The molecule has 0 radical (unpaired) electrons. The molecule has 0 aliphatic heterocycles. The van der Waals surface area contributed by atoms with Gasteiger partial charge >= 0.3 is 0 Å². The number of carbonyl (C=O) groups excluding carboxylic acids is 2. The Morgan fingerprint density at radius 1 is 1.05 bits per heavy atom. The molecule has 6 atom stereocenters. The molecular formula is C19H26O2. The van der Waals surface area contributed by atoms with Crippen LogP contribution in [-0.2, 0) is 9.59 Å². The van der Waals surface area contributed by atoms with Gasteiger partial charge in [0, 0.05) is 19.6 Å². The van der Waals surface area contributed by atoms with Crippen molar-refractivity contribution >= 4 is 11.6 Å². The molecule has 3 saturated carbocycles. The molecule has 4 rings (SSSR count). The first-order chi connectivity index (χ1) is 10.4. The SMILES string of the molecule is [2H][C@@H]1CC2C3CCC(=O)C3(C)CCC2C2(C)CCC(=O)C=C12. The van der Waals surface area contributed by atoms with Crippen LogP contribution in [0.25, 0.3) is 0 Å². The van der Waals surface area contributed by atoms with Crippen molar-refractivity contribution in [2.75, 3.05) is 0 Å². The summed E-state index contributed by atoms with van der Waals surface area (Å²) in [7, 11) is 0. The maximum atomic E-state index is 12.4. The number of fused-ring (bicyclic) bond motifs is 5. The Hall–Kier alpha value is -0.920. The van der Waals surface area contributed by atoms with Gasteiger partial charge in [0.25, 0.3) is 0 Å². The zero-order valence-electron chi connectivity index (χ0n) is 14.2. The highest BCUT2D eigenvalue weighted by Gasteiger charge is 2.58. The van der Waals surface area contributed by atoms with Crippen LogP contribution in [0.5, 0.6) is 0 Å². The predicted molar refractivity (Wildman–Crippen MR) is 81.7 cm³/mol. The summed E-state index contributed by atoms with van der Waals surface area (Å²) in [6.45, 7) is 4.48. The van der Waals surface area contributed by atoms with Crippen LogP contribution in [0.15, 0.2) is 11.6 Å². The fourth-order valence-electron chi connectivity index (χ4n) is 6.07. The Morgan fingerprint density at radius 3 is 2.62 bits per heavy atom. The first-order valence-electron chi connectivity index (χ1n) is 9.14. The summed E-state index contributed by atoms with van der Waals surface area (Å²) < 4.78 is 8.59. The Bertz CT molecular complexity index is 580. The number of carbonyl (C=O) groups is 2. The first kappa shape index (κ1) is 12.6. The van der Waals surface area contributed by atoms with Crippen LogP contribution in [0.2, 0.25) is 0 Å². The molecule has 0 aromatic carbocycles. The molecule has 3 fully saturated rings. The fraction of sp³-hybridized carbons (Fsp3) is 0.789. The molecule has 21 heavy (non-hydrogen) atoms. The molecule has 0 N–H and O–H groups in total. The minimum absolute atomic E-state index is 0.0240. The van der Waals surface area contributed by atoms with Gasteiger partial charge in [-0.1, -0.05) is 19.4 Å². The predicted octanol–water partition coefficient (Wildman–Crippen LogP) is 4.09. The minimum atomic E-state index is -0.242. The van der Waals surface area contributed by atoms with Crippen LogP contribution in [0.4, 0.5) is 0 Å². The second-order valence-electron chi connectivity index (χ2n) is 8.22. The van der Waals surface area contributed by atoms with E-state index < -0.39 is 0 Å². The molecule has 4 aliphatic carbocycles. The van der Waals surface area contributed by atoms with Crippen molar-refractivity contribution in [2.24, 2.45) is 28.6 Å². The smallest absolute Gasteiger partial charge is 0.155 e. The first-order valence-corrected chi connectivity index (χ1v) is 8.57. The number of rotatable bonds is 0. The van der Waals surface area contributed by atoms with E-state index in [-0.39, 0.29) is 23.0 Å². The van der Waals surface area contributed by atoms with Crippen molar-refractivity contribution in [1.82, 2.24) is 0 Å². The lowest BCUT2D eigenvalue weighted by atomic mass is 9.47. The van der Waals surface area contributed by atoms with Gasteiger partial charge in [-0.05, 0) is 67.7 Å². The largest absolute Gasteiger partial charge is 0.299 e.